The Morgan fingerprint density at radius 3 is 3.00 bits per heavy atom. The summed E-state index contributed by atoms with van der Waals surface area (Å²) in [5.74, 6) is -0.335. The summed E-state index contributed by atoms with van der Waals surface area (Å²) in [6.07, 6.45) is 3.55. The number of hydrogen-bond donors (Lipinski definition) is 1. The third-order valence-corrected chi connectivity index (χ3v) is 2.04. The maximum atomic E-state index is 11.0. The zero-order chi connectivity index (χ0) is 12.7. The molecule has 0 amide bonds. The zero-order valence-electron chi connectivity index (χ0n) is 9.51. The van der Waals surface area contributed by atoms with Crippen LogP contribution in [-0.4, -0.2) is 17.7 Å². The van der Waals surface area contributed by atoms with Crippen LogP contribution >= 0.6 is 0 Å². The summed E-state index contributed by atoms with van der Waals surface area (Å²) in [4.78, 5) is 11.0. The zero-order valence-corrected chi connectivity index (χ0v) is 9.51. The summed E-state index contributed by atoms with van der Waals surface area (Å²) < 4.78 is 4.76. The molecule has 0 heterocycles. The lowest BCUT2D eigenvalue weighted by molar-refractivity contribution is -0.142. The number of phenols is 1. The van der Waals surface area contributed by atoms with E-state index in [1.54, 1.807) is 31.2 Å². The van der Waals surface area contributed by atoms with E-state index in [-0.39, 0.29) is 23.7 Å². The van der Waals surface area contributed by atoms with Gasteiger partial charge in [0.25, 0.3) is 0 Å². The second-order valence-electron chi connectivity index (χ2n) is 3.30. The molecule has 0 atom stereocenters. The quantitative estimate of drug-likeness (QED) is 0.806. The van der Waals surface area contributed by atoms with Crippen molar-refractivity contribution in [3.05, 3.63) is 35.4 Å². The lowest BCUT2D eigenvalue weighted by Gasteiger charge is -1.98. The maximum Gasteiger partial charge on any atom is 0.309 e. The highest BCUT2D eigenvalue weighted by atomic mass is 16.5. The van der Waals surface area contributed by atoms with Crippen LogP contribution in [-0.2, 0) is 9.53 Å². The van der Waals surface area contributed by atoms with Gasteiger partial charge in [0, 0.05) is 0 Å². The molecule has 0 aliphatic carbocycles. The minimum atomic E-state index is -0.289. The molecular weight excluding hydrogens is 218 g/mol. The van der Waals surface area contributed by atoms with Crippen LogP contribution in [0.2, 0.25) is 0 Å². The van der Waals surface area contributed by atoms with Crippen LogP contribution < -0.4 is 0 Å². The number of esters is 1. The number of ether oxygens (including phenoxy) is 1. The molecule has 88 valence electrons. The van der Waals surface area contributed by atoms with Crippen LogP contribution in [0.3, 0.4) is 0 Å². The van der Waals surface area contributed by atoms with Gasteiger partial charge in [-0.3, -0.25) is 4.79 Å². The van der Waals surface area contributed by atoms with Gasteiger partial charge < -0.3 is 9.84 Å². The second-order valence-corrected chi connectivity index (χ2v) is 3.30. The first-order chi connectivity index (χ1) is 8.17. The van der Waals surface area contributed by atoms with Gasteiger partial charge in [-0.25, -0.2) is 0 Å². The molecule has 1 N–H and O–H groups in total. The van der Waals surface area contributed by atoms with Crippen molar-refractivity contribution in [1.82, 2.24) is 0 Å². The van der Waals surface area contributed by atoms with Crippen molar-refractivity contribution in [2.45, 2.75) is 13.3 Å². The lowest BCUT2D eigenvalue weighted by Crippen LogP contribution is -2.01. The number of nitrogens with zero attached hydrogens (tertiary/aromatic N) is 1. The Hall–Kier alpha value is -2.28. The fraction of sp³-hybridized carbons (Fsp3) is 0.231. The molecule has 0 saturated heterocycles. The molecule has 17 heavy (non-hydrogen) atoms. The summed E-state index contributed by atoms with van der Waals surface area (Å²) in [7, 11) is 0. The molecule has 0 radical (unpaired) electrons. The smallest absolute Gasteiger partial charge is 0.309 e. The number of benzene rings is 1. The average molecular weight is 231 g/mol. The number of phenolic OH excluding ortho intramolecular Hbond substituents is 1. The molecule has 4 nitrogen and oxygen atoms in total. The van der Waals surface area contributed by atoms with Crippen molar-refractivity contribution in [1.29, 1.82) is 5.26 Å². The van der Waals surface area contributed by atoms with Crippen LogP contribution in [0.15, 0.2) is 24.3 Å². The molecule has 0 aromatic heterocycles. The average Bonchev–Trinajstić information content (AvgIpc) is 2.31. The topological polar surface area (TPSA) is 70.3 Å². The van der Waals surface area contributed by atoms with Crippen LogP contribution in [0.25, 0.3) is 6.08 Å². The Morgan fingerprint density at radius 2 is 2.35 bits per heavy atom. The predicted octanol–water partition coefficient (Wildman–Crippen LogP) is 2.23. The van der Waals surface area contributed by atoms with Crippen LogP contribution in [0.1, 0.15) is 24.5 Å². The largest absolute Gasteiger partial charge is 0.507 e. The van der Waals surface area contributed by atoms with E-state index in [2.05, 4.69) is 0 Å². The Morgan fingerprint density at radius 1 is 1.59 bits per heavy atom. The van der Waals surface area contributed by atoms with Crippen molar-refractivity contribution < 1.29 is 14.6 Å². The molecule has 1 rings (SSSR count). The first-order valence-corrected chi connectivity index (χ1v) is 5.22. The maximum absolute atomic E-state index is 11.0. The highest BCUT2D eigenvalue weighted by Crippen LogP contribution is 2.18. The fourth-order valence-electron chi connectivity index (χ4n) is 1.26. The minimum absolute atomic E-state index is 0.0463. The van der Waals surface area contributed by atoms with Gasteiger partial charge in [0.1, 0.15) is 11.8 Å². The number of rotatable bonds is 4. The third kappa shape index (κ3) is 3.99. The van der Waals surface area contributed by atoms with E-state index in [0.29, 0.717) is 6.61 Å². The van der Waals surface area contributed by atoms with E-state index in [9.17, 15) is 9.90 Å². The molecule has 1 aromatic rings. The molecule has 1 aromatic carbocycles. The number of hydrogen-bond acceptors (Lipinski definition) is 4. The number of nitriles is 1. The van der Waals surface area contributed by atoms with E-state index in [1.165, 1.54) is 6.07 Å². The van der Waals surface area contributed by atoms with Gasteiger partial charge in [0.2, 0.25) is 0 Å². The second kappa shape index (κ2) is 6.33. The SMILES string of the molecule is CCOC(=O)CC=Cc1ccc(O)c(C#N)c1. The standard InChI is InChI=1S/C13H13NO3/c1-2-17-13(16)5-3-4-10-6-7-12(15)11(8-10)9-14/h3-4,6-8,15H,2,5H2,1H3. The molecular formula is C13H13NO3. The van der Waals surface area contributed by atoms with Gasteiger partial charge in [-0.05, 0) is 24.6 Å². The molecule has 0 aliphatic heterocycles. The number of carbonyl (C=O) groups is 1. The van der Waals surface area contributed by atoms with Crippen molar-refractivity contribution in [3.8, 4) is 11.8 Å². The predicted molar refractivity (Wildman–Crippen MR) is 63.1 cm³/mol. The van der Waals surface area contributed by atoms with Crippen molar-refractivity contribution >= 4 is 12.0 Å². The molecule has 0 saturated carbocycles. The number of carbonyl (C=O) groups excluding carboxylic acids is 1. The molecule has 4 heteroatoms. The van der Waals surface area contributed by atoms with Gasteiger partial charge >= 0.3 is 5.97 Å². The van der Waals surface area contributed by atoms with E-state index < -0.39 is 0 Å². The van der Waals surface area contributed by atoms with Gasteiger partial charge in [-0.2, -0.15) is 5.26 Å². The Balaban J connectivity index is 2.66. The summed E-state index contributed by atoms with van der Waals surface area (Å²) in [5, 5.41) is 18.0. The number of aromatic hydroxyl groups is 1. The van der Waals surface area contributed by atoms with Crippen molar-refractivity contribution in [2.24, 2.45) is 0 Å². The van der Waals surface area contributed by atoms with E-state index in [0.717, 1.165) is 5.56 Å². The van der Waals surface area contributed by atoms with Crippen LogP contribution in [0.4, 0.5) is 0 Å². The van der Waals surface area contributed by atoms with E-state index >= 15 is 0 Å². The van der Waals surface area contributed by atoms with Crippen molar-refractivity contribution in [3.63, 3.8) is 0 Å². The highest BCUT2D eigenvalue weighted by molar-refractivity contribution is 5.72. The van der Waals surface area contributed by atoms with E-state index in [4.69, 9.17) is 10.00 Å². The lowest BCUT2D eigenvalue weighted by atomic mass is 10.1. The summed E-state index contributed by atoms with van der Waals surface area (Å²) >= 11 is 0. The van der Waals surface area contributed by atoms with E-state index in [1.807, 2.05) is 6.07 Å². The highest BCUT2D eigenvalue weighted by Gasteiger charge is 2.00. The molecule has 0 unspecified atom stereocenters. The first kappa shape index (κ1) is 12.8. The normalized spacial score (nSPS) is 10.1. The molecule has 0 fully saturated rings. The minimum Gasteiger partial charge on any atom is -0.507 e. The van der Waals surface area contributed by atoms with Crippen LogP contribution in [0.5, 0.6) is 5.75 Å². The van der Waals surface area contributed by atoms with Gasteiger partial charge in [0.15, 0.2) is 0 Å². The van der Waals surface area contributed by atoms with Crippen LogP contribution in [0, 0.1) is 11.3 Å². The summed E-state index contributed by atoms with van der Waals surface area (Å²) in [6, 6.07) is 6.54. The fourth-order valence-corrected chi connectivity index (χ4v) is 1.26. The molecule has 0 bridgehead atoms. The Kier molecular flexibility index (Phi) is 4.77. The molecule has 0 aliphatic rings. The Bertz CT molecular complexity index is 472. The van der Waals surface area contributed by atoms with Crippen molar-refractivity contribution in [2.75, 3.05) is 6.61 Å². The third-order valence-electron chi connectivity index (χ3n) is 2.04. The monoisotopic (exact) mass is 231 g/mol. The van der Waals surface area contributed by atoms with Gasteiger partial charge in [-0.15, -0.1) is 0 Å². The van der Waals surface area contributed by atoms with Gasteiger partial charge in [-0.1, -0.05) is 18.2 Å². The summed E-state index contributed by atoms with van der Waals surface area (Å²) in [6.45, 7) is 2.12. The van der Waals surface area contributed by atoms with Gasteiger partial charge in [0.05, 0.1) is 18.6 Å². The Labute approximate surface area is 99.8 Å². The first-order valence-electron chi connectivity index (χ1n) is 5.22. The molecule has 0 spiro atoms. The summed E-state index contributed by atoms with van der Waals surface area (Å²) in [5.41, 5.74) is 0.965.